The van der Waals surface area contributed by atoms with Gasteiger partial charge in [0.05, 0.1) is 0 Å². The molecule has 1 rings (SSSR count). The van der Waals surface area contributed by atoms with Gasteiger partial charge in [-0.15, -0.1) is 0 Å². The van der Waals surface area contributed by atoms with Gasteiger partial charge < -0.3 is 15.5 Å². The van der Waals surface area contributed by atoms with Crippen molar-refractivity contribution in [2.24, 2.45) is 4.99 Å². The van der Waals surface area contributed by atoms with Gasteiger partial charge in [-0.1, -0.05) is 25.1 Å². The van der Waals surface area contributed by atoms with Crippen molar-refractivity contribution in [1.29, 1.82) is 0 Å². The van der Waals surface area contributed by atoms with Crippen LogP contribution in [-0.4, -0.2) is 39.2 Å². The first-order chi connectivity index (χ1) is 9.81. The number of benzene rings is 1. The highest BCUT2D eigenvalue weighted by molar-refractivity contribution is 5.79. The van der Waals surface area contributed by atoms with Crippen molar-refractivity contribution in [2.45, 2.75) is 26.7 Å². The van der Waals surface area contributed by atoms with Crippen molar-refractivity contribution >= 4 is 11.6 Å². The molecule has 0 bridgehead atoms. The summed E-state index contributed by atoms with van der Waals surface area (Å²) >= 11 is 0. The van der Waals surface area contributed by atoms with Crippen LogP contribution in [0, 0.1) is 0 Å². The van der Waals surface area contributed by atoms with Gasteiger partial charge in [0.2, 0.25) is 0 Å². The van der Waals surface area contributed by atoms with Crippen LogP contribution in [0.4, 0.5) is 5.69 Å². The van der Waals surface area contributed by atoms with Crippen molar-refractivity contribution in [3.8, 4) is 0 Å². The highest BCUT2D eigenvalue weighted by atomic mass is 15.2. The van der Waals surface area contributed by atoms with Gasteiger partial charge in [0, 0.05) is 38.9 Å². The van der Waals surface area contributed by atoms with Gasteiger partial charge in [0.1, 0.15) is 0 Å². The zero-order valence-electron chi connectivity index (χ0n) is 13.0. The van der Waals surface area contributed by atoms with Crippen LogP contribution in [0.15, 0.2) is 35.3 Å². The Hall–Kier alpha value is -1.71. The molecule has 0 saturated heterocycles. The van der Waals surface area contributed by atoms with Crippen LogP contribution >= 0.6 is 0 Å². The quantitative estimate of drug-likeness (QED) is 0.435. The maximum atomic E-state index is 4.20. The fraction of sp³-hybridized carbons (Fsp3) is 0.562. The molecule has 0 aromatic heterocycles. The molecule has 2 N–H and O–H groups in total. The summed E-state index contributed by atoms with van der Waals surface area (Å²) in [6.45, 7) is 8.34. The van der Waals surface area contributed by atoms with E-state index in [1.165, 1.54) is 5.69 Å². The Morgan fingerprint density at radius 2 is 1.80 bits per heavy atom. The van der Waals surface area contributed by atoms with Crippen LogP contribution in [0.2, 0.25) is 0 Å². The van der Waals surface area contributed by atoms with E-state index in [-0.39, 0.29) is 0 Å². The van der Waals surface area contributed by atoms with E-state index in [9.17, 15) is 0 Å². The average molecular weight is 276 g/mol. The Balaban J connectivity index is 2.28. The monoisotopic (exact) mass is 276 g/mol. The molecule has 20 heavy (non-hydrogen) atoms. The summed E-state index contributed by atoms with van der Waals surface area (Å²) in [7, 11) is 1.81. The lowest BCUT2D eigenvalue weighted by atomic mass is 10.2. The first-order valence-corrected chi connectivity index (χ1v) is 7.56. The lowest BCUT2D eigenvalue weighted by Gasteiger charge is -2.23. The molecule has 0 aliphatic heterocycles. The van der Waals surface area contributed by atoms with E-state index in [2.05, 4.69) is 64.7 Å². The van der Waals surface area contributed by atoms with Crippen molar-refractivity contribution in [3.05, 3.63) is 30.3 Å². The first-order valence-electron chi connectivity index (χ1n) is 7.56. The van der Waals surface area contributed by atoms with E-state index in [0.717, 1.165) is 45.0 Å². The van der Waals surface area contributed by atoms with Gasteiger partial charge in [0.25, 0.3) is 0 Å². The van der Waals surface area contributed by atoms with Crippen molar-refractivity contribution < 1.29 is 0 Å². The average Bonchev–Trinajstić information content (AvgIpc) is 2.51. The van der Waals surface area contributed by atoms with E-state index in [1.54, 1.807) is 0 Å². The van der Waals surface area contributed by atoms with Gasteiger partial charge in [-0.25, -0.2) is 0 Å². The van der Waals surface area contributed by atoms with E-state index in [4.69, 9.17) is 0 Å². The highest BCUT2D eigenvalue weighted by Crippen LogP contribution is 2.12. The molecule has 112 valence electrons. The molecule has 4 heteroatoms. The lowest BCUT2D eigenvalue weighted by molar-refractivity contribution is 0.706. The van der Waals surface area contributed by atoms with Gasteiger partial charge in [-0.2, -0.15) is 0 Å². The van der Waals surface area contributed by atoms with Gasteiger partial charge in [-0.3, -0.25) is 4.99 Å². The molecule has 0 atom stereocenters. The number of anilines is 1. The third-order valence-corrected chi connectivity index (χ3v) is 3.17. The molecular weight excluding hydrogens is 248 g/mol. The van der Waals surface area contributed by atoms with Gasteiger partial charge in [0.15, 0.2) is 5.96 Å². The molecule has 0 fully saturated rings. The highest BCUT2D eigenvalue weighted by Gasteiger charge is 2.03. The third-order valence-electron chi connectivity index (χ3n) is 3.17. The Bertz CT molecular complexity index is 375. The zero-order valence-corrected chi connectivity index (χ0v) is 13.0. The smallest absolute Gasteiger partial charge is 0.190 e. The van der Waals surface area contributed by atoms with Crippen LogP contribution < -0.4 is 15.5 Å². The van der Waals surface area contributed by atoms with Gasteiger partial charge >= 0.3 is 0 Å². The Morgan fingerprint density at radius 1 is 1.10 bits per heavy atom. The third kappa shape index (κ3) is 5.95. The number of guanidine groups is 1. The van der Waals surface area contributed by atoms with E-state index < -0.39 is 0 Å². The maximum Gasteiger partial charge on any atom is 0.190 e. The second kappa shape index (κ2) is 10.1. The zero-order chi connectivity index (χ0) is 14.6. The lowest BCUT2D eigenvalue weighted by Crippen LogP contribution is -2.39. The minimum absolute atomic E-state index is 0.898. The summed E-state index contributed by atoms with van der Waals surface area (Å²) in [4.78, 5) is 6.59. The number of hydrogen-bond donors (Lipinski definition) is 2. The molecule has 0 saturated carbocycles. The molecule has 0 unspecified atom stereocenters. The number of nitrogens with zero attached hydrogens (tertiary/aromatic N) is 2. The molecular formula is C16H28N4. The molecule has 0 aliphatic rings. The van der Waals surface area contributed by atoms with E-state index in [0.29, 0.717) is 0 Å². The first kappa shape index (κ1) is 16.3. The summed E-state index contributed by atoms with van der Waals surface area (Å²) < 4.78 is 0. The topological polar surface area (TPSA) is 39.7 Å². The number of rotatable bonds is 8. The van der Waals surface area contributed by atoms with Crippen molar-refractivity contribution in [1.82, 2.24) is 10.6 Å². The molecule has 0 spiro atoms. The Labute approximate surface area is 123 Å². The summed E-state index contributed by atoms with van der Waals surface area (Å²) in [5.74, 6) is 0.898. The molecule has 0 aliphatic carbocycles. The van der Waals surface area contributed by atoms with Gasteiger partial charge in [-0.05, 0) is 31.9 Å². The number of hydrogen-bond acceptors (Lipinski definition) is 2. The standard InChI is InChI=1S/C16H28N4/c1-4-12-18-16(17-3)19-13-9-14-20(5-2)15-10-7-6-8-11-15/h6-8,10-11H,4-5,9,12-14H2,1-3H3,(H2,17,18,19). The minimum Gasteiger partial charge on any atom is -0.372 e. The second-order valence-corrected chi connectivity index (χ2v) is 4.69. The largest absolute Gasteiger partial charge is 0.372 e. The molecule has 4 nitrogen and oxygen atoms in total. The number of para-hydroxylation sites is 1. The fourth-order valence-corrected chi connectivity index (χ4v) is 2.05. The predicted octanol–water partition coefficient (Wildman–Crippen LogP) is 2.48. The number of aliphatic imine (C=N–C) groups is 1. The van der Waals surface area contributed by atoms with E-state index in [1.807, 2.05) is 7.05 Å². The van der Waals surface area contributed by atoms with Crippen LogP contribution in [0.3, 0.4) is 0 Å². The van der Waals surface area contributed by atoms with Crippen LogP contribution in [0.25, 0.3) is 0 Å². The van der Waals surface area contributed by atoms with Crippen molar-refractivity contribution in [2.75, 3.05) is 38.1 Å². The van der Waals surface area contributed by atoms with Crippen molar-refractivity contribution in [3.63, 3.8) is 0 Å². The van der Waals surface area contributed by atoms with Crippen LogP contribution in [0.1, 0.15) is 26.7 Å². The van der Waals surface area contributed by atoms with Crippen LogP contribution in [-0.2, 0) is 0 Å². The Morgan fingerprint density at radius 3 is 2.40 bits per heavy atom. The van der Waals surface area contributed by atoms with Crippen LogP contribution in [0.5, 0.6) is 0 Å². The molecule has 0 amide bonds. The molecule has 1 aromatic rings. The fourth-order valence-electron chi connectivity index (χ4n) is 2.05. The maximum absolute atomic E-state index is 4.20. The summed E-state index contributed by atoms with van der Waals surface area (Å²) in [6.07, 6.45) is 2.20. The minimum atomic E-state index is 0.898. The molecule has 0 radical (unpaired) electrons. The molecule has 1 aromatic carbocycles. The SMILES string of the molecule is CCCNC(=NC)NCCCN(CC)c1ccccc1. The molecule has 0 heterocycles. The normalized spacial score (nSPS) is 11.2. The number of nitrogens with one attached hydrogen (secondary N) is 2. The second-order valence-electron chi connectivity index (χ2n) is 4.69. The summed E-state index contributed by atoms with van der Waals surface area (Å²) in [5.41, 5.74) is 1.29. The summed E-state index contributed by atoms with van der Waals surface area (Å²) in [6, 6.07) is 10.6. The predicted molar refractivity (Wildman–Crippen MR) is 88.6 cm³/mol. The van der Waals surface area contributed by atoms with E-state index >= 15 is 0 Å². The summed E-state index contributed by atoms with van der Waals surface area (Å²) in [5, 5.41) is 6.63. The Kier molecular flexibility index (Phi) is 8.27.